The van der Waals surface area contributed by atoms with Crippen molar-refractivity contribution in [3.8, 4) is 33.4 Å². The van der Waals surface area contributed by atoms with E-state index in [-0.39, 0.29) is 0 Å². The molecular formula is C44H26S. The molecule has 0 amide bonds. The highest BCUT2D eigenvalue weighted by Gasteiger charge is 2.22. The monoisotopic (exact) mass is 586 g/mol. The van der Waals surface area contributed by atoms with E-state index in [2.05, 4.69) is 158 Å². The molecule has 0 unspecified atom stereocenters. The number of hydrogen-bond donors (Lipinski definition) is 0. The van der Waals surface area contributed by atoms with Gasteiger partial charge in [0.25, 0.3) is 0 Å². The molecule has 0 fully saturated rings. The minimum absolute atomic E-state index is 1.26. The molecule has 0 atom stereocenters. The van der Waals surface area contributed by atoms with Gasteiger partial charge in [-0.05, 0) is 106 Å². The molecule has 208 valence electrons. The zero-order chi connectivity index (χ0) is 29.5. The summed E-state index contributed by atoms with van der Waals surface area (Å²) in [6, 6.07) is 58.6. The third-order valence-electron chi connectivity index (χ3n) is 9.63. The Bertz CT molecular complexity index is 2670. The van der Waals surface area contributed by atoms with Crippen LogP contribution in [0, 0.1) is 0 Å². The Morgan fingerprint density at radius 3 is 1.84 bits per heavy atom. The average molecular weight is 587 g/mol. The van der Waals surface area contributed by atoms with E-state index >= 15 is 0 Å². The van der Waals surface area contributed by atoms with Crippen LogP contribution in [0.3, 0.4) is 0 Å². The zero-order valence-electron chi connectivity index (χ0n) is 24.4. The Hall–Kier alpha value is -5.37. The van der Waals surface area contributed by atoms with Crippen LogP contribution in [0.2, 0.25) is 0 Å². The topological polar surface area (TPSA) is 0 Å². The Kier molecular flexibility index (Phi) is 5.31. The molecule has 9 aromatic rings. The minimum atomic E-state index is 1.26. The first-order chi connectivity index (χ1) is 22.3. The maximum Gasteiger partial charge on any atom is 0.0207 e. The fraction of sp³-hybridized carbons (Fsp3) is 0. The van der Waals surface area contributed by atoms with Gasteiger partial charge in [0.1, 0.15) is 0 Å². The first-order valence-corrected chi connectivity index (χ1v) is 16.3. The molecule has 1 heterocycles. The summed E-state index contributed by atoms with van der Waals surface area (Å²) in [7, 11) is 0. The van der Waals surface area contributed by atoms with Crippen LogP contribution in [0.5, 0.6) is 0 Å². The van der Waals surface area contributed by atoms with Gasteiger partial charge in [0, 0.05) is 15.2 Å². The highest BCUT2D eigenvalue weighted by molar-refractivity contribution is 7.99. The van der Waals surface area contributed by atoms with Crippen molar-refractivity contribution >= 4 is 65.6 Å². The van der Waals surface area contributed by atoms with Crippen molar-refractivity contribution in [3.05, 3.63) is 158 Å². The van der Waals surface area contributed by atoms with Crippen LogP contribution in [-0.2, 0) is 0 Å². The first kappa shape index (κ1) is 25.0. The molecule has 0 saturated heterocycles. The summed E-state index contributed by atoms with van der Waals surface area (Å²) in [5, 5.41) is 12.9. The Morgan fingerprint density at radius 2 is 0.933 bits per heavy atom. The SMILES string of the molecule is c1ccc2c(c1)Sc1ccc(-c3cc4c(-c5cccc6ccccc56)c5ccccc5cc4c4ccccc34)c3cccc-2c13. The molecule has 1 heteroatoms. The van der Waals surface area contributed by atoms with E-state index in [0.717, 1.165) is 0 Å². The molecule has 9 aromatic carbocycles. The molecule has 1 aliphatic rings. The van der Waals surface area contributed by atoms with Gasteiger partial charge >= 0.3 is 0 Å². The molecule has 45 heavy (non-hydrogen) atoms. The van der Waals surface area contributed by atoms with Gasteiger partial charge in [0.15, 0.2) is 0 Å². The quantitative estimate of drug-likeness (QED) is 0.143. The van der Waals surface area contributed by atoms with Crippen molar-refractivity contribution < 1.29 is 0 Å². The fourth-order valence-corrected chi connectivity index (χ4v) is 8.81. The van der Waals surface area contributed by atoms with Crippen molar-refractivity contribution in [2.24, 2.45) is 0 Å². The smallest absolute Gasteiger partial charge is 0.0207 e. The van der Waals surface area contributed by atoms with E-state index in [1.807, 2.05) is 11.8 Å². The van der Waals surface area contributed by atoms with Crippen molar-refractivity contribution in [2.45, 2.75) is 9.79 Å². The van der Waals surface area contributed by atoms with Gasteiger partial charge in [-0.15, -0.1) is 0 Å². The molecule has 0 radical (unpaired) electrons. The molecule has 10 rings (SSSR count). The molecule has 0 aromatic heterocycles. The second-order valence-electron chi connectivity index (χ2n) is 12.0. The summed E-state index contributed by atoms with van der Waals surface area (Å²) < 4.78 is 0. The summed E-state index contributed by atoms with van der Waals surface area (Å²) in [6.07, 6.45) is 0. The van der Waals surface area contributed by atoms with Gasteiger partial charge in [-0.1, -0.05) is 145 Å². The average Bonchev–Trinajstić information content (AvgIpc) is 3.10. The second-order valence-corrected chi connectivity index (χ2v) is 13.1. The van der Waals surface area contributed by atoms with Crippen molar-refractivity contribution in [3.63, 3.8) is 0 Å². The van der Waals surface area contributed by atoms with E-state index in [4.69, 9.17) is 0 Å². The van der Waals surface area contributed by atoms with E-state index < -0.39 is 0 Å². The lowest BCUT2D eigenvalue weighted by atomic mass is 9.84. The van der Waals surface area contributed by atoms with Crippen LogP contribution >= 0.6 is 11.8 Å². The lowest BCUT2D eigenvalue weighted by molar-refractivity contribution is 1.40. The Balaban J connectivity index is 1.37. The fourth-order valence-electron chi connectivity index (χ4n) is 7.68. The van der Waals surface area contributed by atoms with E-state index in [9.17, 15) is 0 Å². The number of rotatable bonds is 2. The van der Waals surface area contributed by atoms with Crippen LogP contribution < -0.4 is 0 Å². The summed E-state index contributed by atoms with van der Waals surface area (Å²) in [6.45, 7) is 0. The van der Waals surface area contributed by atoms with Gasteiger partial charge in [-0.3, -0.25) is 0 Å². The van der Waals surface area contributed by atoms with Gasteiger partial charge in [-0.25, -0.2) is 0 Å². The minimum Gasteiger partial charge on any atom is -0.0888 e. The van der Waals surface area contributed by atoms with Crippen molar-refractivity contribution in [1.29, 1.82) is 0 Å². The molecule has 0 aliphatic carbocycles. The van der Waals surface area contributed by atoms with Gasteiger partial charge in [-0.2, -0.15) is 0 Å². The standard InChI is InChI=1S/C44H26S/c1-3-14-29-27(11-1)13-9-19-35(29)43-30-15-4-2-12-28(30)25-38-31-16-5-6-17-32(31)39(26-40(38)43)33-23-24-42-44-36(33)20-10-21-37(44)34-18-7-8-22-41(34)45-42/h1-26H. The van der Waals surface area contributed by atoms with Crippen LogP contribution in [0.1, 0.15) is 0 Å². The van der Waals surface area contributed by atoms with Crippen LogP contribution in [0.15, 0.2) is 168 Å². The Labute approximate surface area is 265 Å². The maximum absolute atomic E-state index is 2.48. The zero-order valence-corrected chi connectivity index (χ0v) is 25.2. The molecule has 0 N–H and O–H groups in total. The lowest BCUT2D eigenvalue weighted by Gasteiger charge is -2.23. The summed E-state index contributed by atoms with van der Waals surface area (Å²) in [4.78, 5) is 2.66. The van der Waals surface area contributed by atoms with Gasteiger partial charge in [0.05, 0.1) is 0 Å². The highest BCUT2D eigenvalue weighted by atomic mass is 32.2. The van der Waals surface area contributed by atoms with Crippen molar-refractivity contribution in [2.75, 3.05) is 0 Å². The van der Waals surface area contributed by atoms with Crippen LogP contribution in [0.4, 0.5) is 0 Å². The summed E-state index contributed by atoms with van der Waals surface area (Å²) in [5.41, 5.74) is 7.80. The number of fused-ring (bicyclic) bond motifs is 7. The second kappa shape index (κ2) is 9.56. The maximum atomic E-state index is 2.48. The normalized spacial score (nSPS) is 12.4. The largest absolute Gasteiger partial charge is 0.0888 e. The van der Waals surface area contributed by atoms with Gasteiger partial charge in [0.2, 0.25) is 0 Å². The highest BCUT2D eigenvalue weighted by Crippen LogP contribution is 2.51. The molecule has 0 nitrogen and oxygen atoms in total. The predicted octanol–water partition coefficient (Wildman–Crippen LogP) is 12.9. The van der Waals surface area contributed by atoms with Crippen LogP contribution in [0.25, 0.3) is 87.2 Å². The first-order valence-electron chi connectivity index (χ1n) is 15.5. The summed E-state index contributed by atoms with van der Waals surface area (Å²) >= 11 is 1.89. The Morgan fingerprint density at radius 1 is 0.289 bits per heavy atom. The van der Waals surface area contributed by atoms with Gasteiger partial charge < -0.3 is 0 Å². The third kappa shape index (κ3) is 3.62. The van der Waals surface area contributed by atoms with E-state index in [1.54, 1.807) is 0 Å². The van der Waals surface area contributed by atoms with Crippen LogP contribution in [-0.4, -0.2) is 0 Å². The third-order valence-corrected chi connectivity index (χ3v) is 10.8. The molecular weight excluding hydrogens is 561 g/mol. The number of hydrogen-bond acceptors (Lipinski definition) is 1. The summed E-state index contributed by atoms with van der Waals surface area (Å²) in [5.74, 6) is 0. The van der Waals surface area contributed by atoms with E-state index in [1.165, 1.54) is 97.0 Å². The molecule has 0 bridgehead atoms. The number of benzene rings is 9. The predicted molar refractivity (Wildman–Crippen MR) is 194 cm³/mol. The molecule has 0 saturated carbocycles. The lowest BCUT2D eigenvalue weighted by Crippen LogP contribution is -1.95. The van der Waals surface area contributed by atoms with E-state index in [0.29, 0.717) is 0 Å². The van der Waals surface area contributed by atoms with Crippen molar-refractivity contribution in [1.82, 2.24) is 0 Å². The molecule has 0 spiro atoms. The molecule has 1 aliphatic heterocycles.